The van der Waals surface area contributed by atoms with E-state index in [4.69, 9.17) is 19.2 Å². The van der Waals surface area contributed by atoms with Gasteiger partial charge in [0.15, 0.2) is 16.3 Å². The van der Waals surface area contributed by atoms with Crippen LogP contribution in [-0.2, 0) is 16.0 Å². The molecule has 2 aromatic carbocycles. The Morgan fingerprint density at radius 1 is 1.13 bits per heavy atom. The Hall–Kier alpha value is -3.91. The number of esters is 1. The number of rotatable bonds is 10. The molecule has 0 aliphatic carbocycles. The number of nitrogens with zero attached hydrogens (tertiary/aromatic N) is 2. The predicted molar refractivity (Wildman–Crippen MR) is 150 cm³/mol. The molecule has 8 heteroatoms. The highest BCUT2D eigenvalue weighted by Crippen LogP contribution is 2.35. The van der Waals surface area contributed by atoms with Gasteiger partial charge in [-0.25, -0.2) is 9.79 Å². The van der Waals surface area contributed by atoms with Gasteiger partial charge in [0.05, 0.1) is 42.2 Å². The summed E-state index contributed by atoms with van der Waals surface area (Å²) in [5.41, 5.74) is 3.32. The van der Waals surface area contributed by atoms with Crippen LogP contribution in [0.4, 0.5) is 0 Å². The SMILES string of the molecule is C=CCc1cc(/C=c2\sc3n(c2=O)[C@@H](c2ccccc2)C(C(=O)OC)=C(CC)N=3)cc(OCC)c1OCC. The number of hydrogen-bond donors (Lipinski definition) is 0. The zero-order chi connectivity index (χ0) is 27.2. The van der Waals surface area contributed by atoms with E-state index in [9.17, 15) is 9.59 Å². The second-order valence-electron chi connectivity index (χ2n) is 8.57. The van der Waals surface area contributed by atoms with Crippen LogP contribution in [0.5, 0.6) is 11.5 Å². The molecule has 3 aromatic rings. The van der Waals surface area contributed by atoms with Gasteiger partial charge in [0.1, 0.15) is 0 Å². The Balaban J connectivity index is 1.96. The molecule has 7 nitrogen and oxygen atoms in total. The number of allylic oxidation sites excluding steroid dienone is 2. The second-order valence-corrected chi connectivity index (χ2v) is 9.57. The van der Waals surface area contributed by atoms with Crippen LogP contribution in [0, 0.1) is 0 Å². The Morgan fingerprint density at radius 3 is 2.50 bits per heavy atom. The second kappa shape index (κ2) is 12.1. The van der Waals surface area contributed by atoms with Gasteiger partial charge in [0, 0.05) is 5.56 Å². The number of fused-ring (bicyclic) bond motifs is 1. The van der Waals surface area contributed by atoms with E-state index in [1.807, 2.05) is 75.4 Å². The van der Waals surface area contributed by atoms with Gasteiger partial charge < -0.3 is 14.2 Å². The Morgan fingerprint density at radius 2 is 1.87 bits per heavy atom. The summed E-state index contributed by atoms with van der Waals surface area (Å²) >= 11 is 1.30. The standard InChI is InChI=1S/C30H32N2O5S/c1-6-13-21-16-19(17-23(36-8-3)27(21)37-9-4)18-24-28(33)32-26(20-14-11-10-12-15-20)25(29(34)35-5)22(7-2)31-30(32)38-24/h6,10-12,14-18,26H,1,7-9,13H2,2-5H3/b24-18-/t26-/m0/s1. The van der Waals surface area contributed by atoms with E-state index in [2.05, 4.69) is 6.58 Å². The summed E-state index contributed by atoms with van der Waals surface area (Å²) in [6.45, 7) is 10.6. The zero-order valence-electron chi connectivity index (χ0n) is 22.2. The Labute approximate surface area is 226 Å². The van der Waals surface area contributed by atoms with Crippen LogP contribution in [0.2, 0.25) is 0 Å². The molecule has 0 amide bonds. The van der Waals surface area contributed by atoms with E-state index in [-0.39, 0.29) is 5.56 Å². The quantitative estimate of drug-likeness (QED) is 0.287. The van der Waals surface area contributed by atoms with Crippen LogP contribution in [0.1, 0.15) is 49.9 Å². The molecule has 1 aliphatic heterocycles. The topological polar surface area (TPSA) is 79.1 Å². The van der Waals surface area contributed by atoms with Gasteiger partial charge in [-0.05, 0) is 56.0 Å². The predicted octanol–water partition coefficient (Wildman–Crippen LogP) is 4.32. The summed E-state index contributed by atoms with van der Waals surface area (Å²) in [6.07, 6.45) is 4.77. The third kappa shape index (κ3) is 5.22. The van der Waals surface area contributed by atoms with Crippen molar-refractivity contribution >= 4 is 23.4 Å². The molecule has 198 valence electrons. The third-order valence-electron chi connectivity index (χ3n) is 6.17. The number of carbonyl (C=O) groups excluding carboxylic acids is 1. The molecule has 1 atom stereocenters. The summed E-state index contributed by atoms with van der Waals surface area (Å²) in [5, 5.41) is 0. The van der Waals surface area contributed by atoms with E-state index >= 15 is 0 Å². The first-order valence-electron chi connectivity index (χ1n) is 12.7. The van der Waals surface area contributed by atoms with Gasteiger partial charge in [-0.15, -0.1) is 6.58 Å². The normalized spacial score (nSPS) is 15.1. The molecule has 0 saturated carbocycles. The van der Waals surface area contributed by atoms with Crippen molar-refractivity contribution in [2.24, 2.45) is 4.99 Å². The van der Waals surface area contributed by atoms with Gasteiger partial charge >= 0.3 is 5.97 Å². The molecule has 1 aromatic heterocycles. The molecule has 0 radical (unpaired) electrons. The van der Waals surface area contributed by atoms with Crippen LogP contribution in [0.15, 0.2) is 76.2 Å². The lowest BCUT2D eigenvalue weighted by Gasteiger charge is -2.25. The van der Waals surface area contributed by atoms with Crippen molar-refractivity contribution in [2.45, 2.75) is 39.7 Å². The summed E-state index contributed by atoms with van der Waals surface area (Å²) < 4.78 is 19.0. The summed E-state index contributed by atoms with van der Waals surface area (Å²) in [5.74, 6) is 0.819. The fraction of sp³-hybridized carbons (Fsp3) is 0.300. The van der Waals surface area contributed by atoms with E-state index < -0.39 is 12.0 Å². The maximum atomic E-state index is 13.9. The summed E-state index contributed by atoms with van der Waals surface area (Å²) in [4.78, 5) is 32.1. The number of aromatic nitrogens is 1. The van der Waals surface area contributed by atoms with Crippen LogP contribution < -0.4 is 24.4 Å². The smallest absolute Gasteiger partial charge is 0.338 e. The molecule has 0 bridgehead atoms. The highest BCUT2D eigenvalue weighted by molar-refractivity contribution is 7.07. The summed E-state index contributed by atoms with van der Waals surface area (Å²) in [7, 11) is 1.35. The molecule has 2 heterocycles. The van der Waals surface area contributed by atoms with Crippen molar-refractivity contribution < 1.29 is 19.0 Å². The van der Waals surface area contributed by atoms with Gasteiger partial charge in [-0.1, -0.05) is 54.7 Å². The van der Waals surface area contributed by atoms with Crippen LogP contribution in [0.3, 0.4) is 0 Å². The first-order valence-corrected chi connectivity index (χ1v) is 13.5. The maximum Gasteiger partial charge on any atom is 0.338 e. The minimum atomic E-state index is -0.632. The van der Waals surface area contributed by atoms with Crippen LogP contribution in [-0.4, -0.2) is 30.9 Å². The average molecular weight is 533 g/mol. The molecule has 38 heavy (non-hydrogen) atoms. The number of ether oxygens (including phenoxy) is 3. The van der Waals surface area contributed by atoms with Crippen molar-refractivity contribution in [2.75, 3.05) is 20.3 Å². The molecule has 0 N–H and O–H groups in total. The van der Waals surface area contributed by atoms with Crippen molar-refractivity contribution in [3.05, 3.63) is 103 Å². The molecule has 0 spiro atoms. The van der Waals surface area contributed by atoms with Crippen molar-refractivity contribution in [1.29, 1.82) is 0 Å². The first-order chi connectivity index (χ1) is 18.5. The highest BCUT2D eigenvalue weighted by Gasteiger charge is 2.33. The van der Waals surface area contributed by atoms with E-state index in [0.717, 1.165) is 16.7 Å². The minimum absolute atomic E-state index is 0.226. The lowest BCUT2D eigenvalue weighted by molar-refractivity contribution is -0.136. The molecule has 4 rings (SSSR count). The molecule has 0 saturated heterocycles. The first kappa shape index (κ1) is 27.1. The average Bonchev–Trinajstić information content (AvgIpc) is 3.24. The van der Waals surface area contributed by atoms with E-state index in [0.29, 0.717) is 58.2 Å². The highest BCUT2D eigenvalue weighted by atomic mass is 32.1. The molecule has 1 aliphatic rings. The van der Waals surface area contributed by atoms with E-state index in [1.165, 1.54) is 18.4 Å². The number of carbonyl (C=O) groups is 1. The van der Waals surface area contributed by atoms with Crippen LogP contribution >= 0.6 is 11.3 Å². The fourth-order valence-electron chi connectivity index (χ4n) is 4.61. The lowest BCUT2D eigenvalue weighted by atomic mass is 9.95. The van der Waals surface area contributed by atoms with Gasteiger partial charge in [-0.2, -0.15) is 0 Å². The monoisotopic (exact) mass is 532 g/mol. The largest absolute Gasteiger partial charge is 0.490 e. The molecular weight excluding hydrogens is 500 g/mol. The zero-order valence-corrected chi connectivity index (χ0v) is 23.0. The Kier molecular flexibility index (Phi) is 8.63. The van der Waals surface area contributed by atoms with Gasteiger partial charge in [0.25, 0.3) is 5.56 Å². The maximum absolute atomic E-state index is 13.9. The number of benzene rings is 2. The van der Waals surface area contributed by atoms with Crippen molar-refractivity contribution in [3.8, 4) is 11.5 Å². The fourth-order valence-corrected chi connectivity index (χ4v) is 5.63. The molecule has 0 fully saturated rings. The molecular formula is C30H32N2O5S. The molecule has 0 unspecified atom stereocenters. The number of hydrogen-bond acceptors (Lipinski definition) is 7. The van der Waals surface area contributed by atoms with Crippen molar-refractivity contribution in [3.63, 3.8) is 0 Å². The summed E-state index contributed by atoms with van der Waals surface area (Å²) in [6, 6.07) is 12.7. The number of methoxy groups -OCH3 is 1. The van der Waals surface area contributed by atoms with E-state index in [1.54, 1.807) is 4.57 Å². The van der Waals surface area contributed by atoms with Crippen molar-refractivity contribution in [1.82, 2.24) is 4.57 Å². The lowest BCUT2D eigenvalue weighted by Crippen LogP contribution is -2.40. The van der Waals surface area contributed by atoms with Gasteiger partial charge in [0.2, 0.25) is 0 Å². The minimum Gasteiger partial charge on any atom is -0.490 e. The van der Waals surface area contributed by atoms with Gasteiger partial charge in [-0.3, -0.25) is 9.36 Å². The Bertz CT molecular complexity index is 1550. The van der Waals surface area contributed by atoms with Crippen LogP contribution in [0.25, 0.3) is 6.08 Å². The third-order valence-corrected chi connectivity index (χ3v) is 7.15. The number of thiazole rings is 1.